The van der Waals surface area contributed by atoms with Crippen molar-refractivity contribution in [3.8, 4) is 11.1 Å². The van der Waals surface area contributed by atoms with Crippen LogP contribution in [-0.2, 0) is 38.5 Å². The molecule has 4 amide bonds. The number of hydrogen-bond acceptors (Lipinski definition) is 11. The first-order chi connectivity index (χ1) is 27.8. The van der Waals surface area contributed by atoms with Gasteiger partial charge in [0.05, 0.1) is 23.8 Å². The molecule has 4 aliphatic rings. The van der Waals surface area contributed by atoms with Gasteiger partial charge < -0.3 is 41.4 Å². The Labute approximate surface area is 348 Å². The average Bonchev–Trinajstić information content (AvgIpc) is 3.57. The lowest BCUT2D eigenvalue weighted by atomic mass is 9.43. The summed E-state index contributed by atoms with van der Waals surface area (Å²) in [5, 5.41) is 20.9. The minimum Gasteiger partial charge on any atom is -0.404 e. The largest absolute Gasteiger partial charge is 0.481 e. The van der Waals surface area contributed by atoms with Crippen molar-refractivity contribution in [3.63, 3.8) is 0 Å². The second-order valence-electron chi connectivity index (χ2n) is 17.2. The predicted octanol–water partition coefficient (Wildman–Crippen LogP) is 1.95. The number of carbonyl (C=O) groups is 4. The summed E-state index contributed by atoms with van der Waals surface area (Å²) in [6.07, 6.45) is 3.74. The van der Waals surface area contributed by atoms with Gasteiger partial charge in [-0.25, -0.2) is 13.4 Å². The highest BCUT2D eigenvalue weighted by molar-refractivity contribution is 7.89. The van der Waals surface area contributed by atoms with Gasteiger partial charge in [-0.1, -0.05) is 63.9 Å². The van der Waals surface area contributed by atoms with Gasteiger partial charge in [-0.15, -0.1) is 0 Å². The van der Waals surface area contributed by atoms with Crippen molar-refractivity contribution < 1.29 is 42.0 Å². The third-order valence-corrected chi connectivity index (χ3v) is 13.8. The van der Waals surface area contributed by atoms with E-state index >= 15 is 0 Å². The Kier molecular flexibility index (Phi) is 15.0. The van der Waals surface area contributed by atoms with Crippen molar-refractivity contribution in [1.82, 2.24) is 31.0 Å². The van der Waals surface area contributed by atoms with Crippen molar-refractivity contribution >= 4 is 40.8 Å². The number of pyridine rings is 1. The summed E-state index contributed by atoms with van der Waals surface area (Å²) < 4.78 is 42.1. The Morgan fingerprint density at radius 3 is 2.19 bits per heavy atom. The van der Waals surface area contributed by atoms with Crippen molar-refractivity contribution in [1.29, 1.82) is 0 Å². The zero-order chi connectivity index (χ0) is 43.3. The second-order valence-corrected chi connectivity index (χ2v) is 18.8. The summed E-state index contributed by atoms with van der Waals surface area (Å²) in [4.78, 5) is 58.1. The second kappa shape index (κ2) is 19.2. The summed E-state index contributed by atoms with van der Waals surface area (Å²) in [5.74, 6) is -2.43. The smallest absolute Gasteiger partial charge is 0.404 e. The molecule has 8 N–H and O–H groups in total. The monoisotopic (exact) mass is 839 g/mol. The van der Waals surface area contributed by atoms with E-state index in [1.54, 1.807) is 6.07 Å². The fourth-order valence-electron chi connectivity index (χ4n) is 8.71. The van der Waals surface area contributed by atoms with Crippen LogP contribution < -0.4 is 31.7 Å². The number of sulfonamides is 1. The molecule has 2 heterocycles. The van der Waals surface area contributed by atoms with E-state index in [4.69, 9.17) is 15.0 Å². The molecular formula is C41H62BN7O9S. The molecule has 16 nitrogen and oxygen atoms in total. The molecule has 4 fully saturated rings. The maximum absolute atomic E-state index is 13.6. The van der Waals surface area contributed by atoms with Crippen molar-refractivity contribution in [2.24, 2.45) is 23.0 Å². The molecule has 2 aromatic rings. The summed E-state index contributed by atoms with van der Waals surface area (Å²) in [7, 11) is -4.96. The number of aromatic nitrogens is 1. The predicted molar refractivity (Wildman–Crippen MR) is 222 cm³/mol. The highest BCUT2D eigenvalue weighted by Crippen LogP contribution is 2.65. The number of aliphatic hydroxyl groups excluding tert-OH is 1. The van der Waals surface area contributed by atoms with E-state index in [1.807, 2.05) is 44.2 Å². The molecule has 1 aliphatic heterocycles. The minimum absolute atomic E-state index is 0.0366. The van der Waals surface area contributed by atoms with Crippen LogP contribution in [-0.4, -0.2) is 104 Å². The molecule has 10 unspecified atom stereocenters. The maximum atomic E-state index is 13.6. The van der Waals surface area contributed by atoms with Crippen LogP contribution >= 0.6 is 0 Å². The third kappa shape index (κ3) is 10.5. The van der Waals surface area contributed by atoms with Gasteiger partial charge in [-0.3, -0.25) is 19.2 Å². The highest BCUT2D eigenvalue weighted by atomic mass is 32.2. The molecule has 0 radical (unpaired) electrons. The average molecular weight is 840 g/mol. The molecule has 0 spiro atoms. The molecule has 1 saturated heterocycles. The summed E-state index contributed by atoms with van der Waals surface area (Å²) in [6, 6.07) is 7.20. The molecule has 3 aliphatic carbocycles. The molecule has 18 heteroatoms. The normalized spacial score (nSPS) is 24.9. The van der Waals surface area contributed by atoms with Crippen LogP contribution in [0.2, 0.25) is 0 Å². The van der Waals surface area contributed by atoms with E-state index in [-0.39, 0.29) is 23.0 Å². The maximum Gasteiger partial charge on any atom is 0.481 e. The van der Waals surface area contributed by atoms with Crippen molar-refractivity contribution in [3.05, 3.63) is 48.7 Å². The van der Waals surface area contributed by atoms with Crippen LogP contribution in [0.3, 0.4) is 0 Å². The lowest BCUT2D eigenvalue weighted by molar-refractivity contribution is -0.199. The molecule has 1 aromatic carbocycles. The standard InChI is InChI=1S/C41H62BN7O9S/c1-8-14-30(37(52)46-26(4)42-57-33-22-29-21-32(40(29,5)6)41(33,7)58-42)47-36(51)24(2)45-39(54)35(25(3)50)48-38(53)31(17-12-13-20-43)49-59(55,56)34-19-18-28(23-44-34)27-15-10-9-11-16-27/h9-11,15-16,18-19,23-26,29-33,35,49-50H,8,12-14,17,20-22,43H2,1-7H3,(H,45,54)(H,46,52)(H,47,51)(H,48,53). The molecule has 2 bridgehead atoms. The summed E-state index contributed by atoms with van der Waals surface area (Å²) in [5.41, 5.74) is 6.92. The topological polar surface area (TPSA) is 240 Å². The Bertz CT molecular complexity index is 1910. The molecule has 10 atom stereocenters. The van der Waals surface area contributed by atoms with Gasteiger partial charge >= 0.3 is 7.12 Å². The Hall–Kier alpha value is -3.94. The SMILES string of the molecule is CCCC(NC(=O)C(C)NC(=O)C(NC(=O)C(CCCCN)NS(=O)(=O)c1ccc(-c2ccccc2)cn1)C(C)O)C(=O)NC(C)B1OC2CC3CC(C3(C)C)C2(C)O1. The van der Waals surface area contributed by atoms with Gasteiger partial charge in [-0.2, -0.15) is 4.72 Å². The van der Waals surface area contributed by atoms with E-state index in [0.717, 1.165) is 18.4 Å². The summed E-state index contributed by atoms with van der Waals surface area (Å²) >= 11 is 0. The first-order valence-corrected chi connectivity index (χ1v) is 22.3. The van der Waals surface area contributed by atoms with E-state index in [2.05, 4.69) is 51.7 Å². The van der Waals surface area contributed by atoms with Crippen LogP contribution in [0.25, 0.3) is 11.1 Å². The molecule has 324 valence electrons. The fraction of sp³-hybridized carbons (Fsp3) is 0.634. The third-order valence-electron chi connectivity index (χ3n) is 12.5. The van der Waals surface area contributed by atoms with Crippen LogP contribution in [0.1, 0.15) is 93.4 Å². The van der Waals surface area contributed by atoms with Gasteiger partial charge in [-0.05, 0) is 101 Å². The van der Waals surface area contributed by atoms with Gasteiger partial charge in [0, 0.05) is 11.8 Å². The van der Waals surface area contributed by atoms with Crippen molar-refractivity contribution in [2.75, 3.05) is 6.54 Å². The molecule has 1 aromatic heterocycles. The van der Waals surface area contributed by atoms with Gasteiger partial charge in [0.25, 0.3) is 10.0 Å². The number of hydrogen-bond donors (Lipinski definition) is 7. The Morgan fingerprint density at radius 2 is 1.58 bits per heavy atom. The van der Waals surface area contributed by atoms with Gasteiger partial charge in [0.1, 0.15) is 24.2 Å². The Balaban J connectivity index is 1.17. The zero-order valence-corrected chi connectivity index (χ0v) is 36.0. The van der Waals surface area contributed by atoms with Gasteiger partial charge in [0.15, 0.2) is 5.03 Å². The number of carbonyl (C=O) groups excluding carboxylic acids is 4. The van der Waals surface area contributed by atoms with E-state index in [1.165, 1.54) is 26.1 Å². The number of nitrogens with one attached hydrogen (secondary N) is 5. The fourth-order valence-corrected chi connectivity index (χ4v) is 9.87. The first kappa shape index (κ1) is 46.1. The lowest BCUT2D eigenvalue weighted by Gasteiger charge is -2.64. The number of nitrogens with two attached hydrogens (primary N) is 1. The number of amides is 4. The van der Waals surface area contributed by atoms with Crippen molar-refractivity contribution in [2.45, 2.75) is 146 Å². The highest BCUT2D eigenvalue weighted by Gasteiger charge is 2.68. The number of aliphatic hydroxyl groups is 1. The number of nitrogens with zero attached hydrogens (tertiary/aromatic N) is 1. The van der Waals surface area contributed by atoms with Crippen LogP contribution in [0.4, 0.5) is 0 Å². The minimum atomic E-state index is -4.31. The number of benzene rings is 1. The summed E-state index contributed by atoms with van der Waals surface area (Å²) in [6.45, 7) is 13.3. The Morgan fingerprint density at radius 1 is 0.881 bits per heavy atom. The van der Waals surface area contributed by atoms with E-state index < -0.39 is 82.6 Å². The molecular weight excluding hydrogens is 777 g/mol. The molecule has 3 saturated carbocycles. The molecule has 59 heavy (non-hydrogen) atoms. The number of rotatable bonds is 20. The van der Waals surface area contributed by atoms with Gasteiger partial charge in [0.2, 0.25) is 23.6 Å². The van der Waals surface area contributed by atoms with Crippen LogP contribution in [0, 0.1) is 17.3 Å². The lowest BCUT2D eigenvalue weighted by Crippen LogP contribution is -2.65. The zero-order valence-electron chi connectivity index (χ0n) is 35.2. The van der Waals surface area contributed by atoms with E-state index in [0.29, 0.717) is 49.6 Å². The van der Waals surface area contributed by atoms with E-state index in [9.17, 15) is 32.7 Å². The quantitative estimate of drug-likeness (QED) is 0.0752. The first-order valence-electron chi connectivity index (χ1n) is 20.8. The molecule has 6 rings (SSSR count). The number of unbranched alkanes of at least 4 members (excludes halogenated alkanes) is 1. The van der Waals surface area contributed by atoms with Crippen LogP contribution in [0.5, 0.6) is 0 Å². The van der Waals surface area contributed by atoms with Crippen LogP contribution in [0.15, 0.2) is 53.7 Å².